The molecule has 0 bridgehead atoms. The molecule has 0 aliphatic heterocycles. The Bertz CT molecular complexity index is 1330. The number of pyridine rings is 1. The van der Waals surface area contributed by atoms with Crippen LogP contribution in [0.3, 0.4) is 0 Å². The Morgan fingerprint density at radius 3 is 2.33 bits per heavy atom. The third kappa shape index (κ3) is 5.15. The Hall–Kier alpha value is -4.00. The molecule has 0 aliphatic carbocycles. The van der Waals surface area contributed by atoms with Crippen LogP contribution in [0.2, 0.25) is 0 Å². The van der Waals surface area contributed by atoms with Crippen molar-refractivity contribution >= 4 is 17.4 Å². The molecule has 0 aliphatic rings. The lowest BCUT2D eigenvalue weighted by Gasteiger charge is -2.24. The molecule has 36 heavy (non-hydrogen) atoms. The maximum Gasteiger partial charge on any atom is 0.255 e. The van der Waals surface area contributed by atoms with Gasteiger partial charge in [0.25, 0.3) is 5.91 Å². The number of amides is 1. The Kier molecular flexibility index (Phi) is 7.78. The Balaban J connectivity index is 1.67. The summed E-state index contributed by atoms with van der Waals surface area (Å²) >= 11 is 0. The van der Waals surface area contributed by atoms with Crippen LogP contribution in [-0.2, 0) is 19.5 Å². The molecule has 7 nitrogen and oxygen atoms in total. The summed E-state index contributed by atoms with van der Waals surface area (Å²) in [7, 11) is 5.12. The fourth-order valence-corrected chi connectivity index (χ4v) is 4.46. The summed E-state index contributed by atoms with van der Waals surface area (Å²) in [4.78, 5) is 22.2. The zero-order chi connectivity index (χ0) is 25.7. The number of benzene rings is 2. The molecule has 0 fully saturated rings. The van der Waals surface area contributed by atoms with Crippen LogP contribution >= 0.6 is 0 Å². The van der Waals surface area contributed by atoms with Crippen LogP contribution < -0.4 is 14.4 Å². The molecule has 1 amide bonds. The molecule has 4 rings (SSSR count). The van der Waals surface area contributed by atoms with Crippen molar-refractivity contribution in [2.75, 3.05) is 32.7 Å². The lowest BCUT2D eigenvalue weighted by Crippen LogP contribution is -2.27. The molecule has 7 heteroatoms. The van der Waals surface area contributed by atoms with Gasteiger partial charge in [0.15, 0.2) is 11.5 Å². The molecule has 0 unspecified atom stereocenters. The van der Waals surface area contributed by atoms with Gasteiger partial charge in [-0.25, -0.2) is 4.98 Å². The van der Waals surface area contributed by atoms with Gasteiger partial charge in [0, 0.05) is 32.9 Å². The van der Waals surface area contributed by atoms with Gasteiger partial charge in [0.2, 0.25) is 0 Å². The van der Waals surface area contributed by atoms with E-state index in [1.54, 1.807) is 19.1 Å². The molecule has 0 atom stereocenters. The van der Waals surface area contributed by atoms with Gasteiger partial charge in [0.1, 0.15) is 11.5 Å². The number of imidazole rings is 1. The predicted molar refractivity (Wildman–Crippen MR) is 143 cm³/mol. The van der Waals surface area contributed by atoms with Crippen LogP contribution in [0.4, 0.5) is 5.82 Å². The molecule has 4 aromatic rings. The van der Waals surface area contributed by atoms with E-state index in [0.29, 0.717) is 30.2 Å². The zero-order valence-corrected chi connectivity index (χ0v) is 21.7. The first-order valence-corrected chi connectivity index (χ1v) is 12.2. The molecule has 2 aromatic carbocycles. The maximum absolute atomic E-state index is 13.3. The smallest absolute Gasteiger partial charge is 0.255 e. The first-order valence-electron chi connectivity index (χ1n) is 12.2. The topological polar surface area (TPSA) is 59.3 Å². The number of aromatic nitrogens is 2. The number of nitrogens with zero attached hydrogens (tertiary/aromatic N) is 4. The predicted octanol–water partition coefficient (Wildman–Crippen LogP) is 5.21. The van der Waals surface area contributed by atoms with E-state index in [0.717, 1.165) is 41.3 Å². The van der Waals surface area contributed by atoms with Crippen molar-refractivity contribution in [3.63, 3.8) is 0 Å². The first-order chi connectivity index (χ1) is 17.5. The molecule has 0 radical (unpaired) electrons. The van der Waals surface area contributed by atoms with Crippen LogP contribution in [0.25, 0.3) is 5.65 Å². The maximum atomic E-state index is 13.3. The summed E-state index contributed by atoms with van der Waals surface area (Å²) in [6.07, 6.45) is 2.70. The van der Waals surface area contributed by atoms with Gasteiger partial charge < -0.3 is 19.3 Å². The molecule has 0 N–H and O–H groups in total. The summed E-state index contributed by atoms with van der Waals surface area (Å²) in [5.74, 6) is 2.39. The molecule has 2 heterocycles. The van der Waals surface area contributed by atoms with Crippen LogP contribution in [0.15, 0.2) is 66.9 Å². The zero-order valence-electron chi connectivity index (χ0n) is 21.7. The number of rotatable bonds is 10. The van der Waals surface area contributed by atoms with E-state index in [4.69, 9.17) is 14.5 Å². The van der Waals surface area contributed by atoms with Gasteiger partial charge in [-0.1, -0.05) is 43.3 Å². The number of aryl methyl sites for hydroxylation is 1. The highest BCUT2D eigenvalue weighted by atomic mass is 16.5. The van der Waals surface area contributed by atoms with E-state index in [9.17, 15) is 4.79 Å². The lowest BCUT2D eigenvalue weighted by molar-refractivity contribution is 0.0784. The van der Waals surface area contributed by atoms with E-state index in [1.807, 2.05) is 78.3 Å². The number of carbonyl (C=O) groups is 1. The fraction of sp³-hybridized carbons (Fsp3) is 0.310. The van der Waals surface area contributed by atoms with Gasteiger partial charge in [-0.15, -0.1) is 0 Å². The molecule has 188 valence electrons. The number of hydrogen-bond donors (Lipinski definition) is 0. The highest BCUT2D eigenvalue weighted by Crippen LogP contribution is 2.30. The van der Waals surface area contributed by atoms with E-state index < -0.39 is 0 Å². The average Bonchev–Trinajstić information content (AvgIpc) is 3.29. The normalized spacial score (nSPS) is 10.9. The Labute approximate surface area is 212 Å². The van der Waals surface area contributed by atoms with Crippen molar-refractivity contribution in [2.24, 2.45) is 0 Å². The summed E-state index contributed by atoms with van der Waals surface area (Å²) < 4.78 is 12.9. The number of fused-ring (bicyclic) bond motifs is 1. The third-order valence-electron chi connectivity index (χ3n) is 6.36. The first kappa shape index (κ1) is 25.1. The van der Waals surface area contributed by atoms with Crippen LogP contribution in [-0.4, -0.2) is 48.0 Å². The van der Waals surface area contributed by atoms with Gasteiger partial charge in [-0.3, -0.25) is 9.20 Å². The van der Waals surface area contributed by atoms with Gasteiger partial charge >= 0.3 is 0 Å². The van der Waals surface area contributed by atoms with Crippen molar-refractivity contribution in [1.29, 1.82) is 0 Å². The Morgan fingerprint density at radius 2 is 1.67 bits per heavy atom. The van der Waals surface area contributed by atoms with E-state index >= 15 is 0 Å². The van der Waals surface area contributed by atoms with Crippen LogP contribution in [0, 0.1) is 0 Å². The van der Waals surface area contributed by atoms with Crippen molar-refractivity contribution in [2.45, 2.75) is 33.4 Å². The average molecular weight is 487 g/mol. The highest BCUT2D eigenvalue weighted by Gasteiger charge is 2.20. The van der Waals surface area contributed by atoms with E-state index in [1.165, 1.54) is 0 Å². The number of ether oxygens (including phenoxy) is 2. The Morgan fingerprint density at radius 1 is 0.917 bits per heavy atom. The minimum absolute atomic E-state index is 0.0265. The van der Waals surface area contributed by atoms with Gasteiger partial charge in [-0.2, -0.15) is 0 Å². The van der Waals surface area contributed by atoms with Crippen molar-refractivity contribution < 1.29 is 14.3 Å². The third-order valence-corrected chi connectivity index (χ3v) is 6.36. The number of anilines is 1. The minimum Gasteiger partial charge on any atom is -0.493 e. The van der Waals surface area contributed by atoms with Crippen molar-refractivity contribution in [3.05, 3.63) is 89.2 Å². The van der Waals surface area contributed by atoms with E-state index in [2.05, 4.69) is 18.7 Å². The molecule has 0 saturated carbocycles. The quantitative estimate of drug-likeness (QED) is 0.308. The van der Waals surface area contributed by atoms with Crippen LogP contribution in [0.5, 0.6) is 11.5 Å². The number of methoxy groups -OCH3 is 2. The van der Waals surface area contributed by atoms with E-state index in [-0.39, 0.29) is 5.91 Å². The second-order valence-corrected chi connectivity index (χ2v) is 8.73. The largest absolute Gasteiger partial charge is 0.493 e. The standard InChI is InChI=1S/C29H34N4O3/c1-6-24-28(32(7-2)19-22-13-15-25(35-4)26(17-22)36-5)33-20-23(14-16-27(33)30-24)29(34)31(3)18-21-11-9-8-10-12-21/h8-17,20H,6-7,18-19H2,1-5H3. The summed E-state index contributed by atoms with van der Waals surface area (Å²) in [5.41, 5.74) is 4.65. The van der Waals surface area contributed by atoms with Crippen molar-refractivity contribution in [1.82, 2.24) is 14.3 Å². The van der Waals surface area contributed by atoms with Crippen LogP contribution in [0.1, 0.15) is 41.0 Å². The molecular weight excluding hydrogens is 452 g/mol. The second kappa shape index (κ2) is 11.2. The molecule has 0 spiro atoms. The molecular formula is C29H34N4O3. The summed E-state index contributed by atoms with van der Waals surface area (Å²) in [6.45, 7) is 6.23. The number of hydrogen-bond acceptors (Lipinski definition) is 5. The highest BCUT2D eigenvalue weighted by molar-refractivity contribution is 5.94. The van der Waals surface area contributed by atoms with Gasteiger partial charge in [0.05, 0.1) is 25.5 Å². The second-order valence-electron chi connectivity index (χ2n) is 8.73. The fourth-order valence-electron chi connectivity index (χ4n) is 4.46. The molecule has 0 saturated heterocycles. The van der Waals surface area contributed by atoms with Gasteiger partial charge in [-0.05, 0) is 48.7 Å². The SMILES string of the molecule is CCc1nc2ccc(C(=O)N(C)Cc3ccccc3)cn2c1N(CC)Cc1ccc(OC)c(OC)c1. The number of carbonyl (C=O) groups excluding carboxylic acids is 1. The monoisotopic (exact) mass is 486 g/mol. The lowest BCUT2D eigenvalue weighted by atomic mass is 10.1. The van der Waals surface area contributed by atoms with Crippen molar-refractivity contribution in [3.8, 4) is 11.5 Å². The summed E-state index contributed by atoms with van der Waals surface area (Å²) in [5, 5.41) is 0. The summed E-state index contributed by atoms with van der Waals surface area (Å²) in [6, 6.07) is 19.8. The minimum atomic E-state index is -0.0265. The molecule has 2 aromatic heterocycles.